The van der Waals surface area contributed by atoms with E-state index >= 15 is 0 Å². The number of hydrogen-bond donors (Lipinski definition) is 0. The van der Waals surface area contributed by atoms with Crippen LogP contribution in [0, 0.1) is 6.92 Å². The van der Waals surface area contributed by atoms with Gasteiger partial charge in [0.15, 0.2) is 17.0 Å². The number of fused-ring (bicyclic) bond motifs is 2. The van der Waals surface area contributed by atoms with E-state index in [9.17, 15) is 0 Å². The summed E-state index contributed by atoms with van der Waals surface area (Å²) < 4.78 is 10.9. The Kier molecular flexibility index (Phi) is 2.99. The van der Waals surface area contributed by atoms with Gasteiger partial charge >= 0.3 is 0 Å². The third kappa shape index (κ3) is 2.06. The summed E-state index contributed by atoms with van der Waals surface area (Å²) >= 11 is 1.75. The highest BCUT2D eigenvalue weighted by Crippen LogP contribution is 2.44. The van der Waals surface area contributed by atoms with Crippen molar-refractivity contribution in [3.8, 4) is 11.5 Å². The van der Waals surface area contributed by atoms with Gasteiger partial charge in [0.2, 0.25) is 6.79 Å². The van der Waals surface area contributed by atoms with E-state index in [4.69, 9.17) is 9.47 Å². The topological polar surface area (TPSA) is 37.3 Å². The van der Waals surface area contributed by atoms with E-state index in [-0.39, 0.29) is 12.3 Å². The molecule has 3 aliphatic heterocycles. The van der Waals surface area contributed by atoms with Crippen LogP contribution in [0.5, 0.6) is 11.5 Å². The minimum Gasteiger partial charge on any atom is -0.454 e. The molecule has 0 amide bonds. The fourth-order valence-corrected chi connectivity index (χ4v) is 4.08. The van der Waals surface area contributed by atoms with Crippen molar-refractivity contribution in [3.05, 3.63) is 59.0 Å². The second-order valence-corrected chi connectivity index (χ2v) is 6.78. The van der Waals surface area contributed by atoms with Crippen molar-refractivity contribution < 1.29 is 9.47 Å². The highest BCUT2D eigenvalue weighted by Gasteiger charge is 2.36. The molecular formula is C18H15N3O2S. The Morgan fingerprint density at radius 3 is 2.79 bits per heavy atom. The molecule has 5 nitrogen and oxygen atoms in total. The van der Waals surface area contributed by atoms with Crippen molar-refractivity contribution in [2.75, 3.05) is 11.7 Å². The quantitative estimate of drug-likeness (QED) is 0.833. The van der Waals surface area contributed by atoms with Crippen LogP contribution in [0.1, 0.15) is 11.1 Å². The molecule has 1 unspecified atom stereocenters. The molecule has 1 atom stereocenters. The number of hydrazone groups is 1. The highest BCUT2D eigenvalue weighted by molar-refractivity contribution is 8.03. The number of benzene rings is 2. The molecule has 0 fully saturated rings. The Labute approximate surface area is 144 Å². The Morgan fingerprint density at radius 1 is 1.08 bits per heavy atom. The van der Waals surface area contributed by atoms with E-state index in [0.29, 0.717) is 0 Å². The number of anilines is 1. The van der Waals surface area contributed by atoms with Crippen molar-refractivity contribution in [1.29, 1.82) is 0 Å². The van der Waals surface area contributed by atoms with Gasteiger partial charge in [0.05, 0.1) is 5.70 Å². The lowest BCUT2D eigenvalue weighted by molar-refractivity contribution is 0.174. The lowest BCUT2D eigenvalue weighted by atomic mass is 10.1. The molecule has 0 radical (unpaired) electrons. The average molecular weight is 337 g/mol. The molecule has 0 saturated heterocycles. The number of hydrogen-bond acceptors (Lipinski definition) is 6. The van der Waals surface area contributed by atoms with Crippen molar-refractivity contribution in [3.63, 3.8) is 0 Å². The first-order chi connectivity index (χ1) is 11.8. The first-order valence-electron chi connectivity index (χ1n) is 7.74. The smallest absolute Gasteiger partial charge is 0.231 e. The SMILES string of the molecule is Cc1ccc(C2=CSC3N2N=CN3c2ccc3c(c2)OCO3)cc1. The third-order valence-electron chi connectivity index (χ3n) is 4.30. The Bertz CT molecular complexity index is 863. The Balaban J connectivity index is 1.42. The minimum atomic E-state index is 0.0988. The van der Waals surface area contributed by atoms with Crippen molar-refractivity contribution in [2.24, 2.45) is 5.10 Å². The van der Waals surface area contributed by atoms with Crippen LogP contribution in [0.2, 0.25) is 0 Å². The van der Waals surface area contributed by atoms with E-state index in [1.54, 1.807) is 11.8 Å². The normalized spacial score (nSPS) is 20.5. The van der Waals surface area contributed by atoms with Crippen molar-refractivity contribution >= 4 is 29.5 Å². The molecule has 0 aromatic heterocycles. The van der Waals surface area contributed by atoms with Gasteiger partial charge in [-0.25, -0.2) is 5.01 Å². The maximum atomic E-state index is 5.48. The van der Waals surface area contributed by atoms with Gasteiger partial charge in [-0.15, -0.1) is 0 Å². The van der Waals surface area contributed by atoms with Gasteiger partial charge in [-0.2, -0.15) is 5.10 Å². The minimum absolute atomic E-state index is 0.0988. The number of ether oxygens (including phenoxy) is 2. The average Bonchev–Trinajstić information content (AvgIpc) is 3.30. The number of nitrogens with zero attached hydrogens (tertiary/aromatic N) is 3. The van der Waals surface area contributed by atoms with Crippen LogP contribution < -0.4 is 14.4 Å². The van der Waals surface area contributed by atoms with Gasteiger partial charge < -0.3 is 9.47 Å². The maximum Gasteiger partial charge on any atom is 0.231 e. The second kappa shape index (κ2) is 5.21. The Morgan fingerprint density at radius 2 is 1.92 bits per heavy atom. The lowest BCUT2D eigenvalue weighted by Crippen LogP contribution is -2.33. The molecule has 24 heavy (non-hydrogen) atoms. The van der Waals surface area contributed by atoms with Crippen LogP contribution in [-0.4, -0.2) is 23.6 Å². The van der Waals surface area contributed by atoms with Gasteiger partial charge in [0.1, 0.15) is 6.34 Å². The van der Waals surface area contributed by atoms with Crippen LogP contribution in [0.4, 0.5) is 5.69 Å². The van der Waals surface area contributed by atoms with Gasteiger partial charge in [-0.1, -0.05) is 41.6 Å². The van der Waals surface area contributed by atoms with E-state index in [1.807, 2.05) is 24.5 Å². The van der Waals surface area contributed by atoms with Gasteiger partial charge in [-0.3, -0.25) is 4.90 Å². The van der Waals surface area contributed by atoms with Crippen LogP contribution >= 0.6 is 11.8 Å². The molecule has 120 valence electrons. The zero-order chi connectivity index (χ0) is 16.1. The monoisotopic (exact) mass is 337 g/mol. The van der Waals surface area contributed by atoms with Crippen LogP contribution in [0.25, 0.3) is 5.70 Å². The summed E-state index contributed by atoms with van der Waals surface area (Å²) in [5.74, 6) is 1.58. The summed E-state index contributed by atoms with van der Waals surface area (Å²) in [6.45, 7) is 2.38. The summed E-state index contributed by atoms with van der Waals surface area (Å²) in [6.07, 6.45) is 1.87. The first-order valence-corrected chi connectivity index (χ1v) is 8.68. The van der Waals surface area contributed by atoms with Crippen LogP contribution in [-0.2, 0) is 0 Å². The molecule has 2 aromatic carbocycles. The molecule has 0 spiro atoms. The van der Waals surface area contributed by atoms with E-state index in [1.165, 1.54) is 11.1 Å². The molecule has 0 bridgehead atoms. The lowest BCUT2D eigenvalue weighted by Gasteiger charge is -2.25. The van der Waals surface area contributed by atoms with Crippen LogP contribution in [0.3, 0.4) is 0 Å². The molecule has 3 heterocycles. The number of aryl methyl sites for hydroxylation is 1. The Hall–Kier alpha value is -2.60. The molecular weight excluding hydrogens is 322 g/mol. The van der Waals surface area contributed by atoms with E-state index in [0.717, 1.165) is 22.9 Å². The summed E-state index contributed by atoms with van der Waals surface area (Å²) in [5, 5.41) is 8.83. The zero-order valence-corrected chi connectivity index (χ0v) is 13.9. The highest BCUT2D eigenvalue weighted by atomic mass is 32.2. The standard InChI is InChI=1S/C18H15N3O2S/c1-12-2-4-13(5-3-12)15-9-24-18-20(10-19-21(15)18)14-6-7-16-17(8-14)23-11-22-16/h2-10,18H,11H2,1H3. The molecule has 0 aliphatic carbocycles. The fourth-order valence-electron chi connectivity index (χ4n) is 2.99. The summed E-state index contributed by atoms with van der Waals surface area (Å²) in [5.41, 5.74) is 4.71. The van der Waals surface area contributed by atoms with Gasteiger partial charge in [-0.05, 0) is 19.1 Å². The summed E-state index contributed by atoms with van der Waals surface area (Å²) in [4.78, 5) is 2.14. The molecule has 2 aromatic rings. The molecule has 6 heteroatoms. The fraction of sp³-hybridized carbons (Fsp3) is 0.167. The molecule has 5 rings (SSSR count). The van der Waals surface area contributed by atoms with E-state index in [2.05, 4.69) is 51.6 Å². The second-order valence-electron chi connectivity index (χ2n) is 5.85. The van der Waals surface area contributed by atoms with E-state index < -0.39 is 0 Å². The third-order valence-corrected chi connectivity index (χ3v) is 5.33. The predicted octanol–water partition coefficient (Wildman–Crippen LogP) is 3.82. The number of rotatable bonds is 2. The van der Waals surface area contributed by atoms with Crippen LogP contribution in [0.15, 0.2) is 53.0 Å². The number of thioether (sulfide) groups is 1. The molecule has 3 aliphatic rings. The molecule has 0 N–H and O–H groups in total. The van der Waals surface area contributed by atoms with Gasteiger partial charge in [0.25, 0.3) is 0 Å². The summed E-state index contributed by atoms with van der Waals surface area (Å²) in [7, 11) is 0. The predicted molar refractivity (Wildman–Crippen MR) is 95.9 cm³/mol. The summed E-state index contributed by atoms with van der Waals surface area (Å²) in [6, 6.07) is 14.5. The van der Waals surface area contributed by atoms with Crippen molar-refractivity contribution in [1.82, 2.24) is 5.01 Å². The van der Waals surface area contributed by atoms with Crippen molar-refractivity contribution in [2.45, 2.75) is 12.4 Å². The zero-order valence-electron chi connectivity index (χ0n) is 13.0. The molecule has 0 saturated carbocycles. The first kappa shape index (κ1) is 13.8. The maximum absolute atomic E-state index is 5.48. The van der Waals surface area contributed by atoms with Gasteiger partial charge in [0, 0.05) is 22.7 Å². The largest absolute Gasteiger partial charge is 0.454 e.